The van der Waals surface area contributed by atoms with Crippen molar-refractivity contribution in [1.82, 2.24) is 0 Å². The van der Waals surface area contributed by atoms with Crippen LogP contribution in [0.15, 0.2) is 23.1 Å². The number of amidine groups is 1. The molecule has 3 nitrogen and oxygen atoms in total. The minimum absolute atomic E-state index is 0.151. The molecule has 0 bridgehead atoms. The summed E-state index contributed by atoms with van der Waals surface area (Å²) in [5.41, 5.74) is 7.67. The molecule has 0 heterocycles. The molecule has 1 aromatic rings. The predicted molar refractivity (Wildman–Crippen MR) is 85.5 cm³/mol. The average molecular weight is 283 g/mol. The smallest absolute Gasteiger partial charge is 0.126 e. The molecule has 18 heavy (non-hydrogen) atoms. The Hall–Kier alpha value is -0.810. The first-order valence-electron chi connectivity index (χ1n) is 5.92. The van der Waals surface area contributed by atoms with Crippen molar-refractivity contribution < 1.29 is 0 Å². The third kappa shape index (κ3) is 3.85. The molecule has 0 radical (unpaired) electrons. The lowest BCUT2D eigenvalue weighted by molar-refractivity contribution is 0.971. The van der Waals surface area contributed by atoms with Gasteiger partial charge in [-0.15, -0.1) is 11.8 Å². The number of nitrogens with two attached hydrogens (primary N) is 1. The maximum Gasteiger partial charge on any atom is 0.126 e. The highest BCUT2D eigenvalue weighted by Crippen LogP contribution is 2.30. The van der Waals surface area contributed by atoms with E-state index in [1.165, 1.54) is 0 Å². The van der Waals surface area contributed by atoms with Crippen LogP contribution in [0.2, 0.25) is 0 Å². The van der Waals surface area contributed by atoms with E-state index in [2.05, 4.69) is 25.1 Å². The van der Waals surface area contributed by atoms with Gasteiger partial charge in [0.05, 0.1) is 5.56 Å². The molecule has 5 heteroatoms. The summed E-state index contributed by atoms with van der Waals surface area (Å²) >= 11 is 3.55. The van der Waals surface area contributed by atoms with Crippen LogP contribution in [-0.4, -0.2) is 37.2 Å². The molecule has 100 valence electrons. The highest BCUT2D eigenvalue weighted by atomic mass is 32.2. The molecular formula is C13H21N3S2. The molecule has 0 aromatic heterocycles. The van der Waals surface area contributed by atoms with E-state index in [-0.39, 0.29) is 5.84 Å². The van der Waals surface area contributed by atoms with Gasteiger partial charge in [0.15, 0.2) is 0 Å². The van der Waals surface area contributed by atoms with Crippen molar-refractivity contribution in [2.24, 2.45) is 5.73 Å². The maximum atomic E-state index is 7.80. The molecule has 0 aliphatic carbocycles. The number of thioether (sulfide) groups is 2. The molecule has 0 unspecified atom stereocenters. The van der Waals surface area contributed by atoms with E-state index in [0.29, 0.717) is 0 Å². The fourth-order valence-corrected chi connectivity index (χ4v) is 3.03. The third-order valence-corrected chi connectivity index (χ3v) is 4.15. The summed E-state index contributed by atoms with van der Waals surface area (Å²) in [6.07, 6.45) is 2.10. The first-order valence-corrected chi connectivity index (χ1v) is 8.30. The van der Waals surface area contributed by atoms with Crippen LogP contribution in [0.5, 0.6) is 0 Å². The van der Waals surface area contributed by atoms with Crippen molar-refractivity contribution in [3.05, 3.63) is 23.8 Å². The highest BCUT2D eigenvalue weighted by Gasteiger charge is 2.14. The van der Waals surface area contributed by atoms with Gasteiger partial charge in [0.1, 0.15) is 5.84 Å². The lowest BCUT2D eigenvalue weighted by atomic mass is 10.1. The van der Waals surface area contributed by atoms with Gasteiger partial charge in [0.25, 0.3) is 0 Å². The second kappa shape index (κ2) is 7.59. The number of rotatable bonds is 7. The van der Waals surface area contributed by atoms with E-state index in [1.807, 2.05) is 30.0 Å². The van der Waals surface area contributed by atoms with E-state index in [1.54, 1.807) is 11.8 Å². The van der Waals surface area contributed by atoms with Crippen LogP contribution in [0.1, 0.15) is 12.5 Å². The summed E-state index contributed by atoms with van der Waals surface area (Å²) in [4.78, 5) is 3.27. The average Bonchev–Trinajstić information content (AvgIpc) is 2.35. The van der Waals surface area contributed by atoms with Gasteiger partial charge in [-0.1, -0.05) is 13.0 Å². The van der Waals surface area contributed by atoms with Gasteiger partial charge in [-0.25, -0.2) is 0 Å². The molecule has 3 N–H and O–H groups in total. The van der Waals surface area contributed by atoms with Crippen molar-refractivity contribution in [1.29, 1.82) is 5.41 Å². The normalized spacial score (nSPS) is 10.4. The van der Waals surface area contributed by atoms with E-state index < -0.39 is 0 Å². The fraction of sp³-hybridized carbons (Fsp3) is 0.462. The quantitative estimate of drug-likeness (QED) is 0.459. The number of nitrogens with one attached hydrogen (secondary N) is 1. The van der Waals surface area contributed by atoms with E-state index in [0.717, 1.165) is 34.2 Å². The molecule has 0 spiro atoms. The molecule has 0 saturated carbocycles. The van der Waals surface area contributed by atoms with Crippen LogP contribution in [0.4, 0.5) is 5.69 Å². The maximum absolute atomic E-state index is 7.80. The molecule has 0 atom stereocenters. The first-order chi connectivity index (χ1) is 8.61. The second-order valence-corrected chi connectivity index (χ2v) is 6.20. The number of hydrogen-bond acceptors (Lipinski definition) is 4. The molecule has 1 rings (SSSR count). The largest absolute Gasteiger partial charge is 0.384 e. The fourth-order valence-electron chi connectivity index (χ4n) is 1.73. The van der Waals surface area contributed by atoms with Crippen molar-refractivity contribution in [2.75, 3.05) is 36.3 Å². The van der Waals surface area contributed by atoms with Crippen molar-refractivity contribution in [2.45, 2.75) is 11.8 Å². The van der Waals surface area contributed by atoms with Gasteiger partial charge in [0, 0.05) is 29.9 Å². The first kappa shape index (κ1) is 15.2. The highest BCUT2D eigenvalue weighted by molar-refractivity contribution is 7.99. The number of hydrogen-bond donors (Lipinski definition) is 2. The van der Waals surface area contributed by atoms with Gasteiger partial charge in [0.2, 0.25) is 0 Å². The summed E-state index contributed by atoms with van der Waals surface area (Å²) in [7, 11) is 2.05. The summed E-state index contributed by atoms with van der Waals surface area (Å²) in [6, 6.07) is 6.11. The second-order valence-electron chi connectivity index (χ2n) is 3.91. The van der Waals surface area contributed by atoms with Gasteiger partial charge in [-0.2, -0.15) is 11.8 Å². The molecular weight excluding hydrogens is 262 g/mol. The van der Waals surface area contributed by atoms with Crippen molar-refractivity contribution >= 4 is 35.0 Å². The Kier molecular flexibility index (Phi) is 6.43. The Morgan fingerprint density at radius 1 is 1.44 bits per heavy atom. The van der Waals surface area contributed by atoms with Crippen LogP contribution < -0.4 is 10.6 Å². The van der Waals surface area contributed by atoms with E-state index in [4.69, 9.17) is 11.1 Å². The molecule has 0 aliphatic rings. The molecule has 0 aliphatic heterocycles. The predicted octanol–water partition coefficient (Wildman–Crippen LogP) is 2.88. The lowest BCUT2D eigenvalue weighted by Crippen LogP contribution is -2.25. The lowest BCUT2D eigenvalue weighted by Gasteiger charge is -2.23. The third-order valence-electron chi connectivity index (χ3n) is 2.62. The molecule has 0 amide bonds. The van der Waals surface area contributed by atoms with Crippen LogP contribution in [0.3, 0.4) is 0 Å². The topological polar surface area (TPSA) is 53.1 Å². The van der Waals surface area contributed by atoms with Crippen LogP contribution in [-0.2, 0) is 0 Å². The minimum atomic E-state index is 0.151. The van der Waals surface area contributed by atoms with Gasteiger partial charge < -0.3 is 10.6 Å². The summed E-state index contributed by atoms with van der Waals surface area (Å²) in [6.45, 7) is 3.07. The zero-order valence-electron chi connectivity index (χ0n) is 11.2. The Morgan fingerprint density at radius 3 is 2.72 bits per heavy atom. The molecule has 0 fully saturated rings. The number of anilines is 1. The van der Waals surface area contributed by atoms with Gasteiger partial charge in [-0.05, 0) is 24.1 Å². The van der Waals surface area contributed by atoms with Crippen LogP contribution in [0, 0.1) is 5.41 Å². The Bertz CT molecular complexity index is 407. The summed E-state index contributed by atoms with van der Waals surface area (Å²) in [5, 5.41) is 7.80. The van der Waals surface area contributed by atoms with Crippen LogP contribution >= 0.6 is 23.5 Å². The monoisotopic (exact) mass is 283 g/mol. The zero-order valence-corrected chi connectivity index (χ0v) is 12.8. The van der Waals surface area contributed by atoms with Crippen LogP contribution in [0.25, 0.3) is 0 Å². The number of nitrogens with zero attached hydrogens (tertiary/aromatic N) is 1. The number of nitrogen functional groups attached to an aromatic ring is 1. The Balaban J connectivity index is 3.09. The zero-order chi connectivity index (χ0) is 13.5. The van der Waals surface area contributed by atoms with Gasteiger partial charge >= 0.3 is 0 Å². The standard InChI is InChI=1S/C13H21N3S2/c1-4-18-11-7-5-6-10(12(11)13(14)15)16(2)8-9-17-3/h5-7H,4,8-9H2,1-3H3,(H3,14,15). The summed E-state index contributed by atoms with van der Waals surface area (Å²) < 4.78 is 0. The molecule has 0 saturated heterocycles. The van der Waals surface area contributed by atoms with E-state index in [9.17, 15) is 0 Å². The van der Waals surface area contributed by atoms with E-state index >= 15 is 0 Å². The van der Waals surface area contributed by atoms with Gasteiger partial charge in [-0.3, -0.25) is 5.41 Å². The molecule has 1 aromatic carbocycles. The Labute approximate surface area is 118 Å². The number of benzene rings is 1. The summed E-state index contributed by atoms with van der Waals surface area (Å²) in [5.74, 6) is 2.20. The SMILES string of the molecule is CCSc1cccc(N(C)CCSC)c1C(=N)N. The van der Waals surface area contributed by atoms with Crippen molar-refractivity contribution in [3.8, 4) is 0 Å². The minimum Gasteiger partial charge on any atom is -0.384 e. The van der Waals surface area contributed by atoms with Crippen molar-refractivity contribution in [3.63, 3.8) is 0 Å². The Morgan fingerprint density at radius 2 is 2.17 bits per heavy atom.